The third kappa shape index (κ3) is 2.45. The van der Waals surface area contributed by atoms with Crippen LogP contribution in [-0.2, 0) is 6.54 Å². The molecule has 1 atom stereocenters. The summed E-state index contributed by atoms with van der Waals surface area (Å²) in [6, 6.07) is 3.19. The zero-order chi connectivity index (χ0) is 10.7. The second-order valence-corrected chi connectivity index (χ2v) is 3.65. The Balaban J connectivity index is 3.02. The van der Waals surface area contributed by atoms with Crippen LogP contribution in [-0.4, -0.2) is 15.8 Å². The van der Waals surface area contributed by atoms with E-state index in [0.717, 1.165) is 17.8 Å². The molecule has 1 heterocycles. The lowest BCUT2D eigenvalue weighted by molar-refractivity contribution is 0.148. The van der Waals surface area contributed by atoms with E-state index in [1.807, 2.05) is 25.3 Å². The molecule has 0 saturated carbocycles. The Hall–Kier alpha value is -1.09. The van der Waals surface area contributed by atoms with Crippen LogP contribution < -0.4 is 5.43 Å². The highest BCUT2D eigenvalue weighted by Crippen LogP contribution is 2.04. The van der Waals surface area contributed by atoms with Gasteiger partial charge in [0.1, 0.15) is 0 Å². The first kappa shape index (κ1) is 11.0. The van der Waals surface area contributed by atoms with Crippen molar-refractivity contribution in [2.24, 2.45) is 0 Å². The minimum absolute atomic E-state index is 0.0299. The average molecular weight is 195 g/mol. The topological polar surface area (TPSA) is 42.2 Å². The molecule has 1 unspecified atom stereocenters. The van der Waals surface area contributed by atoms with Gasteiger partial charge in [-0.15, -0.1) is 0 Å². The van der Waals surface area contributed by atoms with Crippen LogP contribution in [0.4, 0.5) is 0 Å². The molecule has 0 fully saturated rings. The lowest BCUT2D eigenvalue weighted by Crippen LogP contribution is -2.20. The monoisotopic (exact) mass is 195 g/mol. The number of rotatable bonds is 3. The van der Waals surface area contributed by atoms with Crippen molar-refractivity contribution in [2.75, 3.05) is 0 Å². The SMILES string of the molecule is CCC(O)Cn1c(C)cc(=O)cc1C. The summed E-state index contributed by atoms with van der Waals surface area (Å²) in [5, 5.41) is 9.53. The van der Waals surface area contributed by atoms with Crippen LogP contribution in [0.2, 0.25) is 0 Å². The number of hydrogen-bond donors (Lipinski definition) is 1. The minimum atomic E-state index is -0.338. The van der Waals surface area contributed by atoms with Crippen LogP contribution in [0.15, 0.2) is 16.9 Å². The molecule has 78 valence electrons. The van der Waals surface area contributed by atoms with Crippen molar-refractivity contribution in [3.8, 4) is 0 Å². The fraction of sp³-hybridized carbons (Fsp3) is 0.545. The van der Waals surface area contributed by atoms with Gasteiger partial charge in [-0.25, -0.2) is 0 Å². The van der Waals surface area contributed by atoms with Crippen LogP contribution >= 0.6 is 0 Å². The number of aromatic nitrogens is 1. The van der Waals surface area contributed by atoms with Gasteiger partial charge in [-0.05, 0) is 20.3 Å². The Bertz CT molecular complexity index is 342. The second-order valence-electron chi connectivity index (χ2n) is 3.65. The number of aliphatic hydroxyl groups is 1. The van der Waals surface area contributed by atoms with Gasteiger partial charge < -0.3 is 9.67 Å². The highest BCUT2D eigenvalue weighted by molar-refractivity contribution is 5.12. The zero-order valence-corrected chi connectivity index (χ0v) is 8.95. The lowest BCUT2D eigenvalue weighted by Gasteiger charge is -2.16. The lowest BCUT2D eigenvalue weighted by atomic mass is 10.2. The van der Waals surface area contributed by atoms with E-state index in [-0.39, 0.29) is 11.5 Å². The molecule has 0 aliphatic heterocycles. The molecule has 0 aliphatic carbocycles. The summed E-state index contributed by atoms with van der Waals surface area (Å²) >= 11 is 0. The van der Waals surface area contributed by atoms with Gasteiger partial charge in [0.15, 0.2) is 5.43 Å². The molecule has 1 N–H and O–H groups in total. The summed E-state index contributed by atoms with van der Waals surface area (Å²) in [4.78, 5) is 11.1. The molecule has 0 aromatic carbocycles. The van der Waals surface area contributed by atoms with Crippen molar-refractivity contribution >= 4 is 0 Å². The highest BCUT2D eigenvalue weighted by atomic mass is 16.3. The van der Waals surface area contributed by atoms with Crippen molar-refractivity contribution < 1.29 is 5.11 Å². The van der Waals surface area contributed by atoms with Crippen molar-refractivity contribution in [2.45, 2.75) is 39.8 Å². The Morgan fingerprint density at radius 1 is 1.36 bits per heavy atom. The first-order valence-electron chi connectivity index (χ1n) is 4.90. The number of hydrogen-bond acceptors (Lipinski definition) is 2. The van der Waals surface area contributed by atoms with Gasteiger partial charge >= 0.3 is 0 Å². The largest absolute Gasteiger partial charge is 0.391 e. The molecule has 3 heteroatoms. The maximum absolute atomic E-state index is 11.1. The van der Waals surface area contributed by atoms with Crippen molar-refractivity contribution in [1.29, 1.82) is 0 Å². The Morgan fingerprint density at radius 2 is 1.86 bits per heavy atom. The van der Waals surface area contributed by atoms with Crippen molar-refractivity contribution in [3.63, 3.8) is 0 Å². The van der Waals surface area contributed by atoms with E-state index in [0.29, 0.717) is 6.54 Å². The molecule has 0 aliphatic rings. The Kier molecular flexibility index (Phi) is 3.47. The summed E-state index contributed by atoms with van der Waals surface area (Å²) in [6.07, 6.45) is 0.389. The fourth-order valence-electron chi connectivity index (χ4n) is 1.52. The summed E-state index contributed by atoms with van der Waals surface area (Å²) in [5.74, 6) is 0. The summed E-state index contributed by atoms with van der Waals surface area (Å²) in [7, 11) is 0. The van der Waals surface area contributed by atoms with Gasteiger partial charge in [-0.2, -0.15) is 0 Å². The van der Waals surface area contributed by atoms with Gasteiger partial charge in [0.05, 0.1) is 6.10 Å². The average Bonchev–Trinajstić information content (AvgIpc) is 2.10. The molecule has 0 radical (unpaired) electrons. The van der Waals surface area contributed by atoms with Crippen LogP contribution in [0.3, 0.4) is 0 Å². The van der Waals surface area contributed by atoms with E-state index in [2.05, 4.69) is 0 Å². The van der Waals surface area contributed by atoms with E-state index in [1.165, 1.54) is 0 Å². The van der Waals surface area contributed by atoms with E-state index in [9.17, 15) is 9.90 Å². The minimum Gasteiger partial charge on any atom is -0.391 e. The van der Waals surface area contributed by atoms with Crippen molar-refractivity contribution in [3.05, 3.63) is 33.7 Å². The zero-order valence-electron chi connectivity index (χ0n) is 8.95. The van der Waals surface area contributed by atoms with E-state index in [4.69, 9.17) is 0 Å². The number of nitrogens with zero attached hydrogens (tertiary/aromatic N) is 1. The number of aryl methyl sites for hydroxylation is 2. The standard InChI is InChI=1S/C11H17NO2/c1-4-10(13)7-12-8(2)5-11(14)6-9(12)3/h5-6,10,13H,4,7H2,1-3H3. The smallest absolute Gasteiger partial charge is 0.182 e. The van der Waals surface area contributed by atoms with E-state index < -0.39 is 0 Å². The highest BCUT2D eigenvalue weighted by Gasteiger charge is 2.06. The Morgan fingerprint density at radius 3 is 2.29 bits per heavy atom. The number of pyridine rings is 1. The van der Waals surface area contributed by atoms with E-state index >= 15 is 0 Å². The molecular formula is C11H17NO2. The van der Waals surface area contributed by atoms with Gasteiger partial charge in [0.2, 0.25) is 0 Å². The van der Waals surface area contributed by atoms with Crippen LogP contribution in [0.1, 0.15) is 24.7 Å². The maximum atomic E-state index is 11.1. The van der Waals surface area contributed by atoms with Crippen LogP contribution in [0.5, 0.6) is 0 Å². The second kappa shape index (κ2) is 4.42. The molecule has 14 heavy (non-hydrogen) atoms. The molecule has 0 spiro atoms. The molecule has 0 saturated heterocycles. The van der Waals surface area contributed by atoms with Gasteiger partial charge in [0, 0.05) is 30.1 Å². The predicted octanol–water partition coefficient (Wildman–Crippen LogP) is 1.24. The predicted molar refractivity (Wildman–Crippen MR) is 56.5 cm³/mol. The maximum Gasteiger partial charge on any atom is 0.182 e. The molecule has 3 nitrogen and oxygen atoms in total. The van der Waals surface area contributed by atoms with Crippen LogP contribution in [0.25, 0.3) is 0 Å². The number of aliphatic hydroxyl groups excluding tert-OH is 1. The molecule has 1 aromatic rings. The van der Waals surface area contributed by atoms with Crippen LogP contribution in [0, 0.1) is 13.8 Å². The fourth-order valence-corrected chi connectivity index (χ4v) is 1.52. The molecule has 1 rings (SSSR count). The first-order valence-corrected chi connectivity index (χ1v) is 4.90. The molecular weight excluding hydrogens is 178 g/mol. The third-order valence-electron chi connectivity index (χ3n) is 2.42. The first-order chi connectivity index (χ1) is 6.54. The Labute approximate surface area is 84.0 Å². The van der Waals surface area contributed by atoms with Gasteiger partial charge in [-0.1, -0.05) is 6.92 Å². The molecule has 0 bridgehead atoms. The van der Waals surface area contributed by atoms with E-state index in [1.54, 1.807) is 12.1 Å². The third-order valence-corrected chi connectivity index (χ3v) is 2.42. The van der Waals surface area contributed by atoms with Crippen molar-refractivity contribution in [1.82, 2.24) is 4.57 Å². The summed E-state index contributed by atoms with van der Waals surface area (Å²) in [5.41, 5.74) is 1.84. The summed E-state index contributed by atoms with van der Waals surface area (Å²) in [6.45, 7) is 6.28. The van der Waals surface area contributed by atoms with Gasteiger partial charge in [0.25, 0.3) is 0 Å². The quantitative estimate of drug-likeness (QED) is 0.788. The normalized spacial score (nSPS) is 12.9. The summed E-state index contributed by atoms with van der Waals surface area (Å²) < 4.78 is 1.97. The molecule has 1 aromatic heterocycles. The van der Waals surface area contributed by atoms with Gasteiger partial charge in [-0.3, -0.25) is 4.79 Å². The molecule has 0 amide bonds.